The molecule has 0 spiro atoms. The minimum Gasteiger partial charge on any atom is -0.481 e. The maximum absolute atomic E-state index is 11.2. The highest BCUT2D eigenvalue weighted by Gasteiger charge is 3.12. The van der Waals surface area contributed by atoms with Crippen molar-refractivity contribution in [3.8, 4) is 6.07 Å². The molecule has 0 bridgehead atoms. The number of nitriles is 1. The van der Waals surface area contributed by atoms with Gasteiger partial charge in [0.1, 0.15) is 0 Å². The Kier molecular flexibility index (Phi) is 0.686. The second-order valence-corrected chi connectivity index (χ2v) is 6.00. The standard InChI is InChI=1S/C11H10N2O2/c12-1-2(13)10-3-6-4(10)8-5(10)7(3)11(6,8)9(14)15/h2-8H,13H2,(H,14,15)/t2-,3?,4?,5?,6?,7?,8?,10?,11?/m1/s1. The molecule has 0 aromatic rings. The first-order valence-electron chi connectivity index (χ1n) is 5.54. The monoisotopic (exact) mass is 202 g/mol. The van der Waals surface area contributed by atoms with Gasteiger partial charge in [0.05, 0.1) is 17.5 Å². The van der Waals surface area contributed by atoms with Crippen LogP contribution in [-0.4, -0.2) is 17.1 Å². The number of carboxylic acids is 1. The molecule has 4 heteroatoms. The SMILES string of the molecule is N#C[C@@H](N)C12C3C4C1C1C2C3C41C(=O)O. The smallest absolute Gasteiger partial charge is 0.310 e. The Labute approximate surface area is 86.0 Å². The van der Waals surface area contributed by atoms with Gasteiger partial charge in [0.2, 0.25) is 0 Å². The third kappa shape index (κ3) is 0.290. The van der Waals surface area contributed by atoms with Crippen LogP contribution in [0.25, 0.3) is 0 Å². The summed E-state index contributed by atoms with van der Waals surface area (Å²) in [7, 11) is 0. The number of hydrogen-bond acceptors (Lipinski definition) is 3. The average Bonchev–Trinajstić information content (AvgIpc) is 2.27. The Morgan fingerprint density at radius 2 is 1.73 bits per heavy atom. The lowest BCUT2D eigenvalue weighted by Gasteiger charge is -3.10. The number of carboxylic acid groups (broad SMARTS) is 1. The Morgan fingerprint density at radius 3 is 2.07 bits per heavy atom. The molecule has 1 atom stereocenters. The summed E-state index contributed by atoms with van der Waals surface area (Å²) in [5.41, 5.74) is 5.65. The molecule has 0 aliphatic heterocycles. The van der Waals surface area contributed by atoms with Crippen LogP contribution in [0.3, 0.4) is 0 Å². The van der Waals surface area contributed by atoms with Crippen LogP contribution in [0, 0.1) is 57.7 Å². The molecule has 6 saturated carbocycles. The highest BCUT2D eigenvalue weighted by atomic mass is 16.4. The van der Waals surface area contributed by atoms with Crippen LogP contribution in [0.1, 0.15) is 0 Å². The predicted molar refractivity (Wildman–Crippen MR) is 47.0 cm³/mol. The minimum atomic E-state index is -0.579. The fraction of sp³-hybridized carbons (Fsp3) is 0.818. The molecule has 0 heterocycles. The van der Waals surface area contributed by atoms with Gasteiger partial charge in [-0.2, -0.15) is 5.26 Å². The first-order chi connectivity index (χ1) is 7.16. The lowest BCUT2D eigenvalue weighted by atomic mass is 8.91. The van der Waals surface area contributed by atoms with Gasteiger partial charge in [0, 0.05) is 5.41 Å². The van der Waals surface area contributed by atoms with Crippen molar-refractivity contribution >= 4 is 5.97 Å². The van der Waals surface area contributed by atoms with Gasteiger partial charge in [-0.3, -0.25) is 4.79 Å². The molecule has 76 valence electrons. The van der Waals surface area contributed by atoms with Gasteiger partial charge in [0.25, 0.3) is 0 Å². The summed E-state index contributed by atoms with van der Waals surface area (Å²) in [4.78, 5) is 11.2. The van der Waals surface area contributed by atoms with Gasteiger partial charge in [-0.1, -0.05) is 0 Å². The van der Waals surface area contributed by atoms with Crippen molar-refractivity contribution in [1.29, 1.82) is 5.26 Å². The highest BCUT2D eigenvalue weighted by Crippen LogP contribution is 3.10. The summed E-state index contributed by atoms with van der Waals surface area (Å²) in [6, 6.07) is 1.83. The lowest BCUT2D eigenvalue weighted by Crippen LogP contribution is -3.12. The number of aliphatic carboxylic acids is 1. The Morgan fingerprint density at radius 1 is 1.27 bits per heavy atom. The van der Waals surface area contributed by atoms with Crippen molar-refractivity contribution in [1.82, 2.24) is 0 Å². The Hall–Kier alpha value is -1.08. The zero-order valence-electron chi connectivity index (χ0n) is 7.92. The largest absolute Gasteiger partial charge is 0.481 e. The number of nitrogens with zero attached hydrogens (tertiary/aromatic N) is 1. The van der Waals surface area contributed by atoms with Crippen LogP contribution in [0.2, 0.25) is 0 Å². The molecule has 0 aromatic heterocycles. The maximum atomic E-state index is 11.2. The van der Waals surface area contributed by atoms with Crippen molar-refractivity contribution in [2.75, 3.05) is 0 Å². The third-order valence-electron chi connectivity index (χ3n) is 6.76. The van der Waals surface area contributed by atoms with Gasteiger partial charge in [-0.25, -0.2) is 0 Å². The Balaban J connectivity index is 1.60. The van der Waals surface area contributed by atoms with E-state index < -0.39 is 5.97 Å². The number of hydrogen-bond donors (Lipinski definition) is 2. The van der Waals surface area contributed by atoms with E-state index in [1.807, 2.05) is 0 Å². The van der Waals surface area contributed by atoms with Gasteiger partial charge < -0.3 is 10.8 Å². The average molecular weight is 202 g/mol. The number of rotatable bonds is 2. The fourth-order valence-corrected chi connectivity index (χ4v) is 6.77. The zero-order valence-corrected chi connectivity index (χ0v) is 7.92. The molecule has 0 amide bonds. The first-order valence-corrected chi connectivity index (χ1v) is 5.54. The normalized spacial score (nSPS) is 74.4. The lowest BCUT2D eigenvalue weighted by molar-refractivity contribution is -0.644. The highest BCUT2D eigenvalue weighted by molar-refractivity contribution is 5.87. The van der Waals surface area contributed by atoms with Crippen molar-refractivity contribution in [3.05, 3.63) is 0 Å². The van der Waals surface area contributed by atoms with Crippen molar-refractivity contribution in [3.63, 3.8) is 0 Å². The zero-order chi connectivity index (χ0) is 10.3. The predicted octanol–water partition coefficient (Wildman–Crippen LogP) is -0.340. The van der Waals surface area contributed by atoms with E-state index in [1.54, 1.807) is 0 Å². The molecule has 6 aliphatic carbocycles. The van der Waals surface area contributed by atoms with E-state index in [2.05, 4.69) is 6.07 Å². The van der Waals surface area contributed by atoms with E-state index in [1.165, 1.54) is 0 Å². The molecule has 0 unspecified atom stereocenters. The molecule has 15 heavy (non-hydrogen) atoms. The van der Waals surface area contributed by atoms with Crippen LogP contribution in [0.5, 0.6) is 0 Å². The van der Waals surface area contributed by atoms with Crippen LogP contribution in [0.15, 0.2) is 0 Å². The molecule has 0 radical (unpaired) electrons. The van der Waals surface area contributed by atoms with E-state index in [-0.39, 0.29) is 16.9 Å². The summed E-state index contributed by atoms with van der Waals surface area (Å²) in [5.74, 6) is 2.12. The van der Waals surface area contributed by atoms with Gasteiger partial charge in [-0.05, 0) is 35.5 Å². The summed E-state index contributed by atoms with van der Waals surface area (Å²) in [6.07, 6.45) is 0. The van der Waals surface area contributed by atoms with E-state index in [4.69, 9.17) is 11.0 Å². The van der Waals surface area contributed by atoms with E-state index >= 15 is 0 Å². The Bertz CT molecular complexity index is 438. The second-order valence-electron chi connectivity index (χ2n) is 6.00. The maximum Gasteiger partial charge on any atom is 0.310 e. The molecule has 0 aromatic carbocycles. The summed E-state index contributed by atoms with van der Waals surface area (Å²) in [6.45, 7) is 0. The van der Waals surface area contributed by atoms with Crippen molar-refractivity contribution in [2.24, 2.45) is 52.1 Å². The van der Waals surface area contributed by atoms with Crippen LogP contribution < -0.4 is 5.73 Å². The second kappa shape index (κ2) is 1.42. The topological polar surface area (TPSA) is 87.1 Å². The molecule has 6 rings (SSSR count). The third-order valence-corrected chi connectivity index (χ3v) is 6.76. The molecular weight excluding hydrogens is 192 g/mol. The van der Waals surface area contributed by atoms with Gasteiger partial charge >= 0.3 is 5.97 Å². The molecule has 4 nitrogen and oxygen atoms in total. The van der Waals surface area contributed by atoms with E-state index in [9.17, 15) is 9.90 Å². The summed E-state index contributed by atoms with van der Waals surface area (Å²) < 4.78 is 0. The summed E-state index contributed by atoms with van der Waals surface area (Å²) >= 11 is 0. The molecule has 6 fully saturated rings. The quantitative estimate of drug-likeness (QED) is 0.641. The number of nitrogens with two attached hydrogens (primary N) is 1. The minimum absolute atomic E-state index is 0.0892. The molecular formula is C11H10N2O2. The number of carbonyl (C=O) groups is 1. The van der Waals surface area contributed by atoms with Gasteiger partial charge in [0.15, 0.2) is 0 Å². The molecule has 3 N–H and O–H groups in total. The van der Waals surface area contributed by atoms with Gasteiger partial charge in [-0.15, -0.1) is 0 Å². The van der Waals surface area contributed by atoms with Crippen molar-refractivity contribution < 1.29 is 9.90 Å². The van der Waals surface area contributed by atoms with E-state index in [0.717, 1.165) is 0 Å². The molecule has 6 aliphatic rings. The van der Waals surface area contributed by atoms with Crippen molar-refractivity contribution in [2.45, 2.75) is 6.04 Å². The van der Waals surface area contributed by atoms with Crippen LogP contribution in [-0.2, 0) is 4.79 Å². The summed E-state index contributed by atoms with van der Waals surface area (Å²) in [5, 5.41) is 18.2. The van der Waals surface area contributed by atoms with Crippen LogP contribution >= 0.6 is 0 Å². The molecule has 0 saturated heterocycles. The fourth-order valence-electron chi connectivity index (χ4n) is 6.77. The first kappa shape index (κ1) is 7.24. The van der Waals surface area contributed by atoms with Crippen LogP contribution in [0.4, 0.5) is 0 Å². The van der Waals surface area contributed by atoms with E-state index in [0.29, 0.717) is 35.5 Å².